The zero-order valence-electron chi connectivity index (χ0n) is 19.5. The average Bonchev–Trinajstić information content (AvgIpc) is 3.18. The number of likely N-dealkylation sites (tertiary alicyclic amines) is 1. The zero-order valence-corrected chi connectivity index (χ0v) is 20.3. The second-order valence-corrected chi connectivity index (χ2v) is 9.84. The fourth-order valence-electron chi connectivity index (χ4n) is 4.16. The summed E-state index contributed by atoms with van der Waals surface area (Å²) in [6, 6.07) is 11.8. The van der Waals surface area contributed by atoms with E-state index in [0.29, 0.717) is 38.8 Å². The number of carbonyl (C=O) groups excluding carboxylic acids is 1. The van der Waals surface area contributed by atoms with Crippen molar-refractivity contribution < 1.29 is 24.5 Å². The Kier molecular flexibility index (Phi) is 10.7. The van der Waals surface area contributed by atoms with Gasteiger partial charge in [0, 0.05) is 43.6 Å². The maximum atomic E-state index is 12.3. The first-order valence-electron chi connectivity index (χ1n) is 11.9. The number of aliphatic carboxylic acids is 1. The number of carboxylic acid groups (broad SMARTS) is 1. The molecule has 1 aliphatic heterocycles. The average molecular weight is 487 g/mol. The second-order valence-electron chi connectivity index (χ2n) is 8.62. The van der Waals surface area contributed by atoms with Gasteiger partial charge in [-0.2, -0.15) is 11.8 Å². The highest BCUT2D eigenvalue weighted by Crippen LogP contribution is 2.25. The van der Waals surface area contributed by atoms with E-state index in [1.54, 1.807) is 24.2 Å². The predicted octanol–water partition coefficient (Wildman–Crippen LogP) is 3.93. The number of aliphatic hydroxyl groups is 1. The number of hydrogen-bond donors (Lipinski definition) is 2. The van der Waals surface area contributed by atoms with Crippen LogP contribution in [0.15, 0.2) is 48.8 Å². The number of hydrogen-bond acceptors (Lipinski definition) is 6. The Morgan fingerprint density at radius 1 is 1.21 bits per heavy atom. The van der Waals surface area contributed by atoms with E-state index in [1.807, 2.05) is 41.3 Å². The number of ether oxygens (including phenoxy) is 1. The number of carbonyl (C=O) groups is 2. The zero-order chi connectivity index (χ0) is 24.2. The molecule has 184 valence electrons. The molecule has 0 aliphatic carbocycles. The van der Waals surface area contributed by atoms with E-state index in [4.69, 9.17) is 9.84 Å². The molecule has 2 N–H and O–H groups in total. The van der Waals surface area contributed by atoms with Crippen LogP contribution in [-0.4, -0.2) is 62.2 Å². The molecule has 2 heterocycles. The molecule has 1 saturated heterocycles. The lowest BCUT2D eigenvalue weighted by atomic mass is 10.0. The van der Waals surface area contributed by atoms with Crippen molar-refractivity contribution in [3.63, 3.8) is 0 Å². The second kappa shape index (κ2) is 14.0. The van der Waals surface area contributed by atoms with Crippen LogP contribution in [0, 0.1) is 0 Å². The molecule has 0 radical (unpaired) electrons. The molecule has 1 aromatic carbocycles. The minimum absolute atomic E-state index is 0.178. The van der Waals surface area contributed by atoms with E-state index >= 15 is 0 Å². The molecule has 3 rings (SSSR count). The van der Waals surface area contributed by atoms with E-state index in [9.17, 15) is 14.7 Å². The number of rotatable bonds is 15. The van der Waals surface area contributed by atoms with E-state index in [0.717, 1.165) is 41.2 Å². The van der Waals surface area contributed by atoms with Crippen molar-refractivity contribution in [3.8, 4) is 5.75 Å². The Bertz CT molecular complexity index is 911. The van der Waals surface area contributed by atoms with Gasteiger partial charge >= 0.3 is 5.97 Å². The Morgan fingerprint density at radius 2 is 2.03 bits per heavy atom. The van der Waals surface area contributed by atoms with E-state index in [-0.39, 0.29) is 18.4 Å². The van der Waals surface area contributed by atoms with Crippen LogP contribution in [0.4, 0.5) is 0 Å². The lowest BCUT2D eigenvalue weighted by molar-refractivity contribution is -0.137. The van der Waals surface area contributed by atoms with Crippen LogP contribution in [0.25, 0.3) is 0 Å². The number of thioether (sulfide) groups is 1. The number of benzene rings is 1. The van der Waals surface area contributed by atoms with Gasteiger partial charge in [0.05, 0.1) is 6.10 Å². The largest absolute Gasteiger partial charge is 0.489 e. The summed E-state index contributed by atoms with van der Waals surface area (Å²) in [5, 5.41) is 19.3. The first-order valence-corrected chi connectivity index (χ1v) is 13.0. The first kappa shape index (κ1) is 26.0. The van der Waals surface area contributed by atoms with Gasteiger partial charge < -0.3 is 19.8 Å². The van der Waals surface area contributed by atoms with Gasteiger partial charge in [-0.1, -0.05) is 12.1 Å². The third kappa shape index (κ3) is 8.99. The monoisotopic (exact) mass is 486 g/mol. The summed E-state index contributed by atoms with van der Waals surface area (Å²) < 4.78 is 5.87. The predicted molar refractivity (Wildman–Crippen MR) is 133 cm³/mol. The SMILES string of the molecule is O=C(O)CCCSCCN1C(=O)CC[C@@H]1CC[C@@H](O)Cc1cccc(OCc2ccncc2)c1. The number of pyridine rings is 1. The number of carboxylic acids is 1. The molecule has 34 heavy (non-hydrogen) atoms. The number of aliphatic hydroxyl groups excluding tert-OH is 1. The third-order valence-electron chi connectivity index (χ3n) is 5.97. The minimum atomic E-state index is -0.766. The Labute approximate surface area is 205 Å². The van der Waals surface area contributed by atoms with Gasteiger partial charge in [0.1, 0.15) is 12.4 Å². The molecule has 2 atom stereocenters. The minimum Gasteiger partial charge on any atom is -0.489 e. The molecule has 1 fully saturated rings. The molecule has 2 aromatic rings. The highest BCUT2D eigenvalue weighted by Gasteiger charge is 2.30. The number of nitrogens with zero attached hydrogens (tertiary/aromatic N) is 2. The lowest BCUT2D eigenvalue weighted by Crippen LogP contribution is -2.35. The van der Waals surface area contributed by atoms with Crippen LogP contribution in [0.1, 0.15) is 49.7 Å². The van der Waals surface area contributed by atoms with Crippen LogP contribution in [-0.2, 0) is 22.6 Å². The Morgan fingerprint density at radius 3 is 2.82 bits per heavy atom. The molecule has 8 heteroatoms. The highest BCUT2D eigenvalue weighted by atomic mass is 32.2. The smallest absolute Gasteiger partial charge is 0.303 e. The van der Waals surface area contributed by atoms with Gasteiger partial charge in [-0.05, 0) is 73.2 Å². The number of amides is 1. The van der Waals surface area contributed by atoms with Crippen LogP contribution >= 0.6 is 11.8 Å². The van der Waals surface area contributed by atoms with Crippen LogP contribution in [0.2, 0.25) is 0 Å². The van der Waals surface area contributed by atoms with E-state index < -0.39 is 12.1 Å². The summed E-state index contributed by atoms with van der Waals surface area (Å²) in [6.07, 6.45) is 7.24. The Hall–Kier alpha value is -2.58. The lowest BCUT2D eigenvalue weighted by Gasteiger charge is -2.25. The fraction of sp³-hybridized carbons (Fsp3) is 0.500. The van der Waals surface area contributed by atoms with Gasteiger partial charge in [-0.3, -0.25) is 14.6 Å². The molecule has 1 amide bonds. The Balaban J connectivity index is 1.39. The van der Waals surface area contributed by atoms with E-state index in [2.05, 4.69) is 4.98 Å². The summed E-state index contributed by atoms with van der Waals surface area (Å²) in [5.74, 6) is 1.80. The molecule has 0 unspecified atom stereocenters. The van der Waals surface area contributed by atoms with Gasteiger partial charge in [0.15, 0.2) is 0 Å². The molecular weight excluding hydrogens is 452 g/mol. The molecule has 0 saturated carbocycles. The van der Waals surface area contributed by atoms with Crippen LogP contribution in [0.5, 0.6) is 5.75 Å². The maximum absolute atomic E-state index is 12.3. The molecule has 1 aliphatic rings. The van der Waals surface area contributed by atoms with Crippen LogP contribution < -0.4 is 4.74 Å². The molecular formula is C26H34N2O5S. The van der Waals surface area contributed by atoms with Crippen LogP contribution in [0.3, 0.4) is 0 Å². The van der Waals surface area contributed by atoms with Crippen molar-refractivity contribution in [2.24, 2.45) is 0 Å². The molecule has 0 bridgehead atoms. The van der Waals surface area contributed by atoms with Crippen molar-refractivity contribution in [2.45, 2.75) is 63.7 Å². The van der Waals surface area contributed by atoms with Gasteiger partial charge in [0.2, 0.25) is 5.91 Å². The molecule has 1 aromatic heterocycles. The summed E-state index contributed by atoms with van der Waals surface area (Å²) in [5.41, 5.74) is 2.08. The summed E-state index contributed by atoms with van der Waals surface area (Å²) >= 11 is 1.69. The van der Waals surface area contributed by atoms with E-state index in [1.165, 1.54) is 0 Å². The van der Waals surface area contributed by atoms with Crippen molar-refractivity contribution in [3.05, 3.63) is 59.9 Å². The summed E-state index contributed by atoms with van der Waals surface area (Å²) in [7, 11) is 0. The topological polar surface area (TPSA) is 100.0 Å². The van der Waals surface area contributed by atoms with Crippen molar-refractivity contribution in [1.29, 1.82) is 0 Å². The standard InChI is InChI=1S/C26H34N2O5S/c29-23(17-21-3-1-4-24(18-21)33-19-20-10-12-27-13-11-20)8-6-22-7-9-25(30)28(22)14-16-34-15-2-5-26(31)32/h1,3-4,10-13,18,22-23,29H,2,5-9,14-17,19H2,(H,31,32)/t22-,23+/m0/s1. The first-order chi connectivity index (χ1) is 16.5. The van der Waals surface area contributed by atoms with Gasteiger partial charge in [0.25, 0.3) is 0 Å². The van der Waals surface area contributed by atoms with Crippen molar-refractivity contribution >= 4 is 23.6 Å². The third-order valence-corrected chi connectivity index (χ3v) is 7.01. The highest BCUT2D eigenvalue weighted by molar-refractivity contribution is 7.99. The maximum Gasteiger partial charge on any atom is 0.303 e. The van der Waals surface area contributed by atoms with Crippen molar-refractivity contribution in [2.75, 3.05) is 18.1 Å². The van der Waals surface area contributed by atoms with Crippen molar-refractivity contribution in [1.82, 2.24) is 9.88 Å². The fourth-order valence-corrected chi connectivity index (χ4v) is 5.04. The normalized spacial score (nSPS) is 16.6. The summed E-state index contributed by atoms with van der Waals surface area (Å²) in [4.78, 5) is 28.8. The van der Waals surface area contributed by atoms with Gasteiger partial charge in [-0.15, -0.1) is 0 Å². The summed E-state index contributed by atoms with van der Waals surface area (Å²) in [6.45, 7) is 1.16. The quantitative estimate of drug-likeness (QED) is 0.368. The number of aromatic nitrogens is 1. The van der Waals surface area contributed by atoms with Gasteiger partial charge in [-0.25, -0.2) is 0 Å². The molecule has 0 spiro atoms. The molecule has 7 nitrogen and oxygen atoms in total.